The molecule has 4 heteroatoms. The average Bonchev–Trinajstić information content (AvgIpc) is 2.25. The minimum Gasteiger partial charge on any atom is -0.336 e. The average molecular weight is 233 g/mol. The van der Waals surface area contributed by atoms with Gasteiger partial charge in [-0.2, -0.15) is 0 Å². The van der Waals surface area contributed by atoms with Crippen molar-refractivity contribution >= 4 is 17.8 Å². The Kier molecular flexibility index (Phi) is 5.23. The first-order valence-electron chi connectivity index (χ1n) is 5.54. The van der Waals surface area contributed by atoms with Crippen molar-refractivity contribution in [1.29, 1.82) is 0 Å². The van der Waals surface area contributed by atoms with Gasteiger partial charge in [-0.1, -0.05) is 24.3 Å². The molecule has 17 heavy (non-hydrogen) atoms. The van der Waals surface area contributed by atoms with Crippen molar-refractivity contribution in [2.45, 2.75) is 19.9 Å². The number of nitrogens with one attached hydrogen (secondary N) is 2. The number of carbonyl (C=O) groups excluding carboxylic acids is 1. The Morgan fingerprint density at radius 3 is 2.82 bits per heavy atom. The minimum absolute atomic E-state index is 0.0959. The molecular weight excluding hydrogens is 216 g/mol. The summed E-state index contributed by atoms with van der Waals surface area (Å²) in [6.07, 6.45) is 3.27. The molecule has 0 saturated heterocycles. The highest BCUT2D eigenvalue weighted by Crippen LogP contribution is 2.11. The second-order valence-corrected chi connectivity index (χ2v) is 3.95. The molecule has 0 aliphatic rings. The molecule has 0 fully saturated rings. The molecule has 91 valence electrons. The van der Waals surface area contributed by atoms with E-state index in [1.54, 1.807) is 12.1 Å². The second-order valence-electron chi connectivity index (χ2n) is 3.95. The number of amides is 2. The number of urea groups is 1. The van der Waals surface area contributed by atoms with Crippen LogP contribution in [0.2, 0.25) is 0 Å². The summed E-state index contributed by atoms with van der Waals surface area (Å²) in [5, 5.41) is 15.8. The normalized spacial score (nSPS) is 10.8. The van der Waals surface area contributed by atoms with Crippen molar-refractivity contribution in [3.05, 3.63) is 35.9 Å². The van der Waals surface area contributed by atoms with E-state index in [-0.39, 0.29) is 18.7 Å². The maximum Gasteiger partial charge on any atom is 0.319 e. The van der Waals surface area contributed by atoms with Crippen molar-refractivity contribution in [3.63, 3.8) is 0 Å². The molecule has 0 aliphatic heterocycles. The SMILES string of the molecule is CC(C)NC(=O)Nc1cccc(/C=C/C[O])c1. The van der Waals surface area contributed by atoms with Crippen LogP contribution in [0.3, 0.4) is 0 Å². The Morgan fingerprint density at radius 1 is 1.41 bits per heavy atom. The van der Waals surface area contributed by atoms with Gasteiger partial charge in [-0.3, -0.25) is 0 Å². The zero-order valence-corrected chi connectivity index (χ0v) is 10.1. The highest BCUT2D eigenvalue weighted by atomic mass is 16.2. The van der Waals surface area contributed by atoms with Crippen molar-refractivity contribution in [1.82, 2.24) is 5.32 Å². The van der Waals surface area contributed by atoms with Gasteiger partial charge in [0.1, 0.15) is 6.61 Å². The van der Waals surface area contributed by atoms with Gasteiger partial charge in [0.25, 0.3) is 0 Å². The van der Waals surface area contributed by atoms with E-state index >= 15 is 0 Å². The zero-order valence-electron chi connectivity index (χ0n) is 10.1. The molecule has 0 bridgehead atoms. The van der Waals surface area contributed by atoms with Gasteiger partial charge in [0.05, 0.1) is 0 Å². The van der Waals surface area contributed by atoms with Gasteiger partial charge in [-0.05, 0) is 31.5 Å². The van der Waals surface area contributed by atoms with Crippen LogP contribution in [0.1, 0.15) is 19.4 Å². The van der Waals surface area contributed by atoms with Crippen molar-refractivity contribution in [2.75, 3.05) is 11.9 Å². The molecular formula is C13H17N2O2. The van der Waals surface area contributed by atoms with Gasteiger partial charge >= 0.3 is 6.03 Å². The molecule has 1 aromatic rings. The van der Waals surface area contributed by atoms with Gasteiger partial charge in [0.2, 0.25) is 0 Å². The van der Waals surface area contributed by atoms with Gasteiger partial charge in [0.15, 0.2) is 0 Å². The van der Waals surface area contributed by atoms with E-state index in [0.29, 0.717) is 5.69 Å². The summed E-state index contributed by atoms with van der Waals surface area (Å²) >= 11 is 0. The van der Waals surface area contributed by atoms with Crippen LogP contribution in [-0.4, -0.2) is 18.7 Å². The monoisotopic (exact) mass is 233 g/mol. The van der Waals surface area contributed by atoms with Crippen LogP contribution in [0.4, 0.5) is 10.5 Å². The Labute approximate surface area is 101 Å². The third-order valence-electron chi connectivity index (χ3n) is 1.97. The molecule has 0 aliphatic carbocycles. The molecule has 1 radical (unpaired) electrons. The Balaban J connectivity index is 2.65. The Morgan fingerprint density at radius 2 is 2.18 bits per heavy atom. The summed E-state index contributed by atoms with van der Waals surface area (Å²) in [6, 6.07) is 7.18. The smallest absolute Gasteiger partial charge is 0.319 e. The van der Waals surface area contributed by atoms with Crippen LogP contribution < -0.4 is 10.6 Å². The lowest BCUT2D eigenvalue weighted by molar-refractivity contribution is 0.233. The first-order valence-corrected chi connectivity index (χ1v) is 5.54. The van der Waals surface area contributed by atoms with Crippen molar-refractivity contribution in [3.8, 4) is 0 Å². The first kappa shape index (κ1) is 13.3. The summed E-state index contributed by atoms with van der Waals surface area (Å²) in [6.45, 7) is 3.55. The standard InChI is InChI=1S/C13H17N2O2/c1-10(2)14-13(17)15-12-7-3-5-11(9-12)6-4-8-16/h3-7,9-10H,8H2,1-2H3,(H2,14,15,17)/b6-4+. The summed E-state index contributed by atoms with van der Waals surface area (Å²) in [5.74, 6) is 0. The number of benzene rings is 1. The fourth-order valence-corrected chi connectivity index (χ4v) is 1.33. The van der Waals surface area contributed by atoms with Crippen molar-refractivity contribution in [2.24, 2.45) is 0 Å². The molecule has 0 aromatic heterocycles. The topological polar surface area (TPSA) is 61.0 Å². The van der Waals surface area contributed by atoms with Gasteiger partial charge in [0, 0.05) is 11.7 Å². The maximum absolute atomic E-state index is 11.5. The summed E-state index contributed by atoms with van der Waals surface area (Å²) in [5.41, 5.74) is 1.60. The predicted octanol–water partition coefficient (Wildman–Crippen LogP) is 2.66. The zero-order chi connectivity index (χ0) is 12.7. The summed E-state index contributed by atoms with van der Waals surface area (Å²) < 4.78 is 0. The molecule has 1 rings (SSSR count). The van der Waals surface area contributed by atoms with Crippen molar-refractivity contribution < 1.29 is 9.90 Å². The quantitative estimate of drug-likeness (QED) is 0.825. The van der Waals surface area contributed by atoms with Gasteiger partial charge < -0.3 is 10.6 Å². The number of hydrogen-bond donors (Lipinski definition) is 2. The lowest BCUT2D eigenvalue weighted by Gasteiger charge is -2.10. The molecule has 0 unspecified atom stereocenters. The van der Waals surface area contributed by atoms with E-state index in [0.717, 1.165) is 5.56 Å². The summed E-state index contributed by atoms with van der Waals surface area (Å²) in [7, 11) is 0. The van der Waals surface area contributed by atoms with Gasteiger partial charge in [-0.25, -0.2) is 9.90 Å². The highest BCUT2D eigenvalue weighted by molar-refractivity contribution is 5.89. The van der Waals surface area contributed by atoms with Crippen LogP contribution in [0, 0.1) is 0 Å². The van der Waals surface area contributed by atoms with E-state index in [4.69, 9.17) is 0 Å². The number of hydrogen-bond acceptors (Lipinski definition) is 1. The van der Waals surface area contributed by atoms with E-state index in [9.17, 15) is 9.90 Å². The maximum atomic E-state index is 11.5. The molecule has 0 saturated carbocycles. The molecule has 2 amide bonds. The molecule has 0 heterocycles. The lowest BCUT2D eigenvalue weighted by Crippen LogP contribution is -2.34. The molecule has 0 atom stereocenters. The number of rotatable bonds is 4. The van der Waals surface area contributed by atoms with E-state index in [1.165, 1.54) is 6.08 Å². The number of carbonyl (C=O) groups is 1. The molecule has 0 spiro atoms. The van der Waals surface area contributed by atoms with Gasteiger partial charge in [-0.15, -0.1) is 0 Å². The molecule has 1 aromatic carbocycles. The first-order chi connectivity index (χ1) is 8.11. The fraction of sp³-hybridized carbons (Fsp3) is 0.308. The van der Waals surface area contributed by atoms with E-state index < -0.39 is 0 Å². The van der Waals surface area contributed by atoms with Crippen LogP contribution in [0.5, 0.6) is 0 Å². The largest absolute Gasteiger partial charge is 0.336 e. The van der Waals surface area contributed by atoms with Crippen LogP contribution in [0.25, 0.3) is 6.08 Å². The predicted molar refractivity (Wildman–Crippen MR) is 68.3 cm³/mol. The second kappa shape index (κ2) is 6.70. The molecule has 4 nitrogen and oxygen atoms in total. The fourth-order valence-electron chi connectivity index (χ4n) is 1.33. The third kappa shape index (κ3) is 5.17. The molecule has 2 N–H and O–H groups in total. The Hall–Kier alpha value is -1.81. The van der Waals surface area contributed by atoms with Crippen LogP contribution in [0.15, 0.2) is 30.3 Å². The summed E-state index contributed by atoms with van der Waals surface area (Å²) in [4.78, 5) is 11.5. The lowest BCUT2D eigenvalue weighted by atomic mass is 10.2. The minimum atomic E-state index is -0.245. The van der Waals surface area contributed by atoms with Crippen LogP contribution in [-0.2, 0) is 5.11 Å². The van der Waals surface area contributed by atoms with E-state index in [2.05, 4.69) is 10.6 Å². The number of anilines is 1. The van der Waals surface area contributed by atoms with Crippen LogP contribution >= 0.6 is 0 Å². The third-order valence-corrected chi connectivity index (χ3v) is 1.97. The highest BCUT2D eigenvalue weighted by Gasteiger charge is 2.02. The van der Waals surface area contributed by atoms with E-state index in [1.807, 2.05) is 32.0 Å². The Bertz CT molecular complexity index is 400.